The summed E-state index contributed by atoms with van der Waals surface area (Å²) in [4.78, 5) is 4.01. The highest BCUT2D eigenvalue weighted by Crippen LogP contribution is 2.08. The number of halogens is 1. The molecule has 0 fully saturated rings. The average molecular weight is 244 g/mol. The van der Waals surface area contributed by atoms with E-state index in [0.717, 1.165) is 9.26 Å². The van der Waals surface area contributed by atoms with Gasteiger partial charge in [0.1, 0.15) is 9.77 Å². The van der Waals surface area contributed by atoms with Crippen LogP contribution in [-0.2, 0) is 0 Å². The summed E-state index contributed by atoms with van der Waals surface area (Å²) in [5.74, 6) is 0. The molecule has 0 amide bonds. The first-order valence-corrected chi connectivity index (χ1v) is 3.84. The monoisotopic (exact) mass is 244 g/mol. The van der Waals surface area contributed by atoms with Crippen LogP contribution in [0.4, 0.5) is 0 Å². The fourth-order valence-electron chi connectivity index (χ4n) is 0.631. The zero-order valence-electron chi connectivity index (χ0n) is 5.43. The van der Waals surface area contributed by atoms with Gasteiger partial charge in [-0.2, -0.15) is 5.26 Å². The van der Waals surface area contributed by atoms with Gasteiger partial charge in [0.05, 0.1) is 5.56 Å². The van der Waals surface area contributed by atoms with E-state index in [-0.39, 0.29) is 0 Å². The number of aromatic nitrogens is 1. The van der Waals surface area contributed by atoms with Crippen LogP contribution in [0.15, 0.2) is 12.3 Å². The maximum atomic E-state index is 8.55. The zero-order chi connectivity index (χ0) is 7.56. The standard InChI is InChI=1S/C7H5IN2/c1-5-2-6(3-9)7(8)10-4-5/h2,4H,1H3. The Morgan fingerprint density at radius 1 is 1.70 bits per heavy atom. The molecule has 0 atom stereocenters. The number of hydrogen-bond donors (Lipinski definition) is 0. The number of pyridine rings is 1. The molecule has 3 heteroatoms. The van der Waals surface area contributed by atoms with Crippen molar-refractivity contribution in [1.29, 1.82) is 5.26 Å². The Morgan fingerprint density at radius 3 is 2.90 bits per heavy atom. The van der Waals surface area contributed by atoms with Gasteiger partial charge in [-0.15, -0.1) is 0 Å². The summed E-state index contributed by atoms with van der Waals surface area (Å²) < 4.78 is 0.769. The number of nitrogens with zero attached hydrogens (tertiary/aromatic N) is 2. The molecule has 1 heterocycles. The predicted molar refractivity (Wildman–Crippen MR) is 46.4 cm³/mol. The van der Waals surface area contributed by atoms with E-state index in [1.54, 1.807) is 6.20 Å². The minimum Gasteiger partial charge on any atom is -0.249 e. The fourth-order valence-corrected chi connectivity index (χ4v) is 1.05. The largest absolute Gasteiger partial charge is 0.249 e. The van der Waals surface area contributed by atoms with Crippen molar-refractivity contribution in [2.75, 3.05) is 0 Å². The molecule has 0 aromatic carbocycles. The van der Waals surface area contributed by atoms with Crippen molar-refractivity contribution in [2.24, 2.45) is 0 Å². The number of aryl methyl sites for hydroxylation is 1. The molecule has 0 saturated heterocycles. The first-order chi connectivity index (χ1) is 4.74. The van der Waals surface area contributed by atoms with E-state index >= 15 is 0 Å². The van der Waals surface area contributed by atoms with E-state index in [0.29, 0.717) is 5.56 Å². The smallest absolute Gasteiger partial charge is 0.119 e. The Labute approximate surface area is 73.0 Å². The third-order valence-electron chi connectivity index (χ3n) is 1.10. The molecule has 0 N–H and O–H groups in total. The Morgan fingerprint density at radius 2 is 2.40 bits per heavy atom. The number of rotatable bonds is 0. The average Bonchev–Trinajstić information content (AvgIpc) is 1.94. The van der Waals surface area contributed by atoms with Crippen molar-refractivity contribution < 1.29 is 0 Å². The van der Waals surface area contributed by atoms with Crippen LogP contribution in [0.3, 0.4) is 0 Å². The van der Waals surface area contributed by atoms with Gasteiger partial charge in [-0.25, -0.2) is 4.98 Å². The van der Waals surface area contributed by atoms with Crippen LogP contribution < -0.4 is 0 Å². The van der Waals surface area contributed by atoms with Crippen molar-refractivity contribution in [1.82, 2.24) is 4.98 Å². The highest BCUT2D eigenvalue weighted by atomic mass is 127. The quantitative estimate of drug-likeness (QED) is 0.516. The van der Waals surface area contributed by atoms with Crippen LogP contribution in [0.25, 0.3) is 0 Å². The second-order valence-corrected chi connectivity index (χ2v) is 2.98. The SMILES string of the molecule is Cc1cnc(I)c(C#N)c1. The van der Waals surface area contributed by atoms with E-state index in [4.69, 9.17) is 5.26 Å². The summed E-state index contributed by atoms with van der Waals surface area (Å²) in [5, 5.41) is 8.55. The first kappa shape index (κ1) is 7.48. The Kier molecular flexibility index (Phi) is 2.22. The van der Waals surface area contributed by atoms with Gasteiger partial charge in [0.15, 0.2) is 0 Å². The van der Waals surface area contributed by atoms with E-state index in [9.17, 15) is 0 Å². The molecule has 0 bridgehead atoms. The molecule has 50 valence electrons. The Bertz CT molecular complexity index is 288. The van der Waals surface area contributed by atoms with Crippen LogP contribution in [0.2, 0.25) is 0 Å². The second-order valence-electron chi connectivity index (χ2n) is 1.96. The van der Waals surface area contributed by atoms with E-state index < -0.39 is 0 Å². The molecule has 0 aliphatic heterocycles. The lowest BCUT2D eigenvalue weighted by Crippen LogP contribution is -1.87. The lowest BCUT2D eigenvalue weighted by Gasteiger charge is -1.93. The first-order valence-electron chi connectivity index (χ1n) is 2.76. The van der Waals surface area contributed by atoms with Gasteiger partial charge in [-0.1, -0.05) is 0 Å². The molecular weight excluding hydrogens is 239 g/mol. The summed E-state index contributed by atoms with van der Waals surface area (Å²) >= 11 is 2.04. The highest BCUT2D eigenvalue weighted by Gasteiger charge is 1.97. The van der Waals surface area contributed by atoms with Gasteiger partial charge in [-0.05, 0) is 41.1 Å². The van der Waals surface area contributed by atoms with Gasteiger partial charge in [0, 0.05) is 6.20 Å². The maximum Gasteiger partial charge on any atom is 0.119 e. The van der Waals surface area contributed by atoms with E-state index in [1.807, 2.05) is 35.6 Å². The third-order valence-corrected chi connectivity index (χ3v) is 1.96. The van der Waals surface area contributed by atoms with Gasteiger partial charge < -0.3 is 0 Å². The van der Waals surface area contributed by atoms with Crippen LogP contribution in [-0.4, -0.2) is 4.98 Å². The van der Waals surface area contributed by atoms with E-state index in [2.05, 4.69) is 11.1 Å². The normalized spacial score (nSPS) is 8.90. The van der Waals surface area contributed by atoms with Crippen LogP contribution in [0.5, 0.6) is 0 Å². The molecule has 2 nitrogen and oxygen atoms in total. The Balaban J connectivity index is 3.25. The molecule has 1 aromatic heterocycles. The molecule has 0 saturated carbocycles. The lowest BCUT2D eigenvalue weighted by molar-refractivity contribution is 1.20. The molecule has 0 aliphatic carbocycles. The molecule has 0 radical (unpaired) electrons. The van der Waals surface area contributed by atoms with Crippen molar-refractivity contribution in [3.63, 3.8) is 0 Å². The van der Waals surface area contributed by atoms with Crippen molar-refractivity contribution in [3.8, 4) is 6.07 Å². The summed E-state index contributed by atoms with van der Waals surface area (Å²) in [6, 6.07) is 3.89. The third kappa shape index (κ3) is 1.45. The van der Waals surface area contributed by atoms with Gasteiger partial charge >= 0.3 is 0 Å². The molecule has 0 spiro atoms. The fraction of sp³-hybridized carbons (Fsp3) is 0.143. The van der Waals surface area contributed by atoms with E-state index in [1.165, 1.54) is 0 Å². The molecule has 1 rings (SSSR count). The van der Waals surface area contributed by atoms with Gasteiger partial charge in [0.25, 0.3) is 0 Å². The second kappa shape index (κ2) is 2.97. The molecule has 0 unspecified atom stereocenters. The van der Waals surface area contributed by atoms with Crippen molar-refractivity contribution in [2.45, 2.75) is 6.92 Å². The molecular formula is C7H5IN2. The van der Waals surface area contributed by atoms with Crippen LogP contribution in [0, 0.1) is 22.0 Å². The minimum atomic E-state index is 0.653. The van der Waals surface area contributed by atoms with Crippen molar-refractivity contribution >= 4 is 22.6 Å². The van der Waals surface area contributed by atoms with Crippen LogP contribution >= 0.6 is 22.6 Å². The van der Waals surface area contributed by atoms with Crippen molar-refractivity contribution in [3.05, 3.63) is 27.1 Å². The summed E-state index contributed by atoms with van der Waals surface area (Å²) in [7, 11) is 0. The molecule has 10 heavy (non-hydrogen) atoms. The molecule has 0 aliphatic rings. The van der Waals surface area contributed by atoms with Gasteiger partial charge in [-0.3, -0.25) is 0 Å². The van der Waals surface area contributed by atoms with Gasteiger partial charge in [0.2, 0.25) is 0 Å². The topological polar surface area (TPSA) is 36.7 Å². The van der Waals surface area contributed by atoms with Crippen LogP contribution in [0.1, 0.15) is 11.1 Å². The summed E-state index contributed by atoms with van der Waals surface area (Å²) in [5.41, 5.74) is 1.68. The maximum absolute atomic E-state index is 8.55. The predicted octanol–water partition coefficient (Wildman–Crippen LogP) is 1.87. The number of hydrogen-bond acceptors (Lipinski definition) is 2. The lowest BCUT2D eigenvalue weighted by atomic mass is 10.2. The summed E-state index contributed by atoms with van der Waals surface area (Å²) in [6.45, 7) is 1.92. The Hall–Kier alpha value is -0.630. The zero-order valence-corrected chi connectivity index (χ0v) is 7.58. The highest BCUT2D eigenvalue weighted by molar-refractivity contribution is 14.1. The number of nitriles is 1. The summed E-state index contributed by atoms with van der Waals surface area (Å²) in [6.07, 6.45) is 1.75. The minimum absolute atomic E-state index is 0.653. The molecule has 1 aromatic rings.